The summed E-state index contributed by atoms with van der Waals surface area (Å²) in [5.41, 5.74) is 0.935. The van der Waals surface area contributed by atoms with Crippen LogP contribution in [0.5, 0.6) is 0 Å². The van der Waals surface area contributed by atoms with Gasteiger partial charge in [0.05, 0.1) is 0 Å². The normalized spacial score (nSPS) is 17.9. The summed E-state index contributed by atoms with van der Waals surface area (Å²) in [6, 6.07) is 10.1. The smallest absolute Gasteiger partial charge is 0.227 e. The Hall–Kier alpha value is -0.246. The molecule has 4 heteroatoms. The number of hydrogen-bond acceptors (Lipinski definition) is 2. The second-order valence-corrected chi connectivity index (χ2v) is 5.76. The largest absolute Gasteiger partial charge is 0.333 e. The van der Waals surface area contributed by atoms with Gasteiger partial charge in [-0.15, -0.1) is 6.54 Å². The van der Waals surface area contributed by atoms with Crippen LogP contribution in [0.1, 0.15) is 33.1 Å². The predicted molar refractivity (Wildman–Crippen MR) is 83.7 cm³/mol. The molecule has 1 amide bonds. The molecule has 113 valence electrons. The minimum atomic E-state index is -0.0832. The Morgan fingerprint density at radius 1 is 1.29 bits per heavy atom. The van der Waals surface area contributed by atoms with Gasteiger partial charge in [-0.05, 0) is 45.0 Å². The number of rotatable bonds is 4. The van der Waals surface area contributed by atoms with E-state index in [1.807, 2.05) is 42.2 Å². The van der Waals surface area contributed by atoms with Crippen LogP contribution in [0.15, 0.2) is 30.3 Å². The Morgan fingerprint density at radius 2 is 1.86 bits per heavy atom. The van der Waals surface area contributed by atoms with Gasteiger partial charge in [0.2, 0.25) is 5.91 Å². The zero-order chi connectivity index (χ0) is 14.6. The van der Waals surface area contributed by atoms with E-state index in [-0.39, 0.29) is 44.2 Å². The number of benzene rings is 1. The third kappa shape index (κ3) is 4.37. The van der Waals surface area contributed by atoms with Gasteiger partial charge in [0.1, 0.15) is 0 Å². The molecule has 0 saturated carbocycles. The summed E-state index contributed by atoms with van der Waals surface area (Å²) >= 11 is 0. The Morgan fingerprint density at radius 3 is 2.33 bits per heavy atom. The van der Waals surface area contributed by atoms with E-state index in [0.717, 1.165) is 38.2 Å². The third-order valence-electron chi connectivity index (χ3n) is 4.36. The monoisotopic (exact) mass is 362 g/mol. The standard InChI is InChI=1S/C17H25N2O.Y/c1-4-16(20)19(15-9-7-6-8-10-15)17(3)11-13-18(5-2)14-12-17;/h6-10H,2,4-5,11-14H2,1,3H3;/q-1;. The van der Waals surface area contributed by atoms with Gasteiger partial charge in [-0.3, -0.25) is 4.79 Å². The van der Waals surface area contributed by atoms with Crippen LogP contribution in [0.25, 0.3) is 0 Å². The Balaban J connectivity index is 0.00000220. The van der Waals surface area contributed by atoms with Crippen molar-refractivity contribution in [1.82, 2.24) is 4.90 Å². The number of carbonyl (C=O) groups excluding carboxylic acids is 1. The van der Waals surface area contributed by atoms with E-state index in [1.54, 1.807) is 0 Å². The topological polar surface area (TPSA) is 23.6 Å². The van der Waals surface area contributed by atoms with E-state index >= 15 is 0 Å². The number of hydrogen-bond donors (Lipinski definition) is 0. The fraction of sp³-hybridized carbons (Fsp3) is 0.529. The van der Waals surface area contributed by atoms with Gasteiger partial charge in [-0.1, -0.05) is 25.1 Å². The number of carbonyl (C=O) groups is 1. The van der Waals surface area contributed by atoms with Crippen LogP contribution in [0.4, 0.5) is 5.69 Å². The molecule has 0 spiro atoms. The number of para-hydroxylation sites is 1. The van der Waals surface area contributed by atoms with E-state index in [4.69, 9.17) is 0 Å². The van der Waals surface area contributed by atoms with Crippen LogP contribution in [0.2, 0.25) is 0 Å². The summed E-state index contributed by atoms with van der Waals surface area (Å²) in [5, 5.41) is 0. The third-order valence-corrected chi connectivity index (χ3v) is 4.36. The minimum absolute atomic E-state index is 0. The molecule has 0 unspecified atom stereocenters. The average Bonchev–Trinajstić information content (AvgIpc) is 2.49. The molecule has 0 N–H and O–H groups in total. The fourth-order valence-corrected chi connectivity index (χ4v) is 2.97. The van der Waals surface area contributed by atoms with Crippen molar-refractivity contribution >= 4 is 11.6 Å². The van der Waals surface area contributed by atoms with Gasteiger partial charge >= 0.3 is 0 Å². The molecule has 1 saturated heterocycles. The molecular weight excluding hydrogens is 337 g/mol. The summed E-state index contributed by atoms with van der Waals surface area (Å²) in [6.45, 7) is 11.0. The van der Waals surface area contributed by atoms with Crippen molar-refractivity contribution in [2.24, 2.45) is 0 Å². The van der Waals surface area contributed by atoms with Crippen molar-refractivity contribution in [3.63, 3.8) is 0 Å². The van der Waals surface area contributed by atoms with Crippen molar-refractivity contribution in [3.8, 4) is 0 Å². The number of amides is 1. The summed E-state index contributed by atoms with van der Waals surface area (Å²) in [4.78, 5) is 16.8. The van der Waals surface area contributed by atoms with Gasteiger partial charge in [0, 0.05) is 50.4 Å². The molecule has 3 nitrogen and oxygen atoms in total. The van der Waals surface area contributed by atoms with E-state index in [0.29, 0.717) is 6.42 Å². The summed E-state index contributed by atoms with van der Waals surface area (Å²) < 4.78 is 0. The quantitative estimate of drug-likeness (QED) is 0.769. The second-order valence-electron chi connectivity index (χ2n) is 5.76. The number of piperidine rings is 1. The van der Waals surface area contributed by atoms with Crippen molar-refractivity contribution in [2.75, 3.05) is 24.5 Å². The van der Waals surface area contributed by atoms with Gasteiger partial charge in [-0.2, -0.15) is 0 Å². The molecule has 1 fully saturated rings. The minimum Gasteiger partial charge on any atom is -0.333 e. The number of likely N-dealkylation sites (tertiary alicyclic amines) is 1. The maximum Gasteiger partial charge on any atom is 0.227 e. The van der Waals surface area contributed by atoms with Crippen LogP contribution in [-0.2, 0) is 37.5 Å². The van der Waals surface area contributed by atoms with Crippen LogP contribution in [0, 0.1) is 6.92 Å². The molecule has 0 atom stereocenters. The maximum absolute atomic E-state index is 12.5. The van der Waals surface area contributed by atoms with Gasteiger partial charge in [0.15, 0.2) is 0 Å². The number of anilines is 1. The van der Waals surface area contributed by atoms with Crippen LogP contribution >= 0.6 is 0 Å². The number of nitrogens with zero attached hydrogens (tertiary/aromatic N) is 2. The van der Waals surface area contributed by atoms with E-state index in [9.17, 15) is 4.79 Å². The van der Waals surface area contributed by atoms with Gasteiger partial charge in [-0.25, -0.2) is 0 Å². The predicted octanol–water partition coefficient (Wildman–Crippen LogP) is 3.12. The van der Waals surface area contributed by atoms with Crippen molar-refractivity contribution in [3.05, 3.63) is 37.3 Å². The second kappa shape index (κ2) is 8.40. The van der Waals surface area contributed by atoms with Crippen LogP contribution in [-0.4, -0.2) is 36.0 Å². The van der Waals surface area contributed by atoms with Crippen molar-refractivity contribution in [1.29, 1.82) is 0 Å². The molecule has 1 radical (unpaired) electrons. The van der Waals surface area contributed by atoms with Gasteiger partial charge in [0.25, 0.3) is 0 Å². The molecule has 21 heavy (non-hydrogen) atoms. The molecule has 1 aliphatic rings. The molecule has 0 bridgehead atoms. The molecule has 1 heterocycles. The first-order valence-electron chi connectivity index (χ1n) is 7.50. The van der Waals surface area contributed by atoms with E-state index in [1.165, 1.54) is 0 Å². The van der Waals surface area contributed by atoms with E-state index in [2.05, 4.69) is 18.7 Å². The maximum atomic E-state index is 12.5. The molecule has 1 aromatic rings. The summed E-state index contributed by atoms with van der Waals surface area (Å²) in [7, 11) is 0. The van der Waals surface area contributed by atoms with Crippen molar-refractivity contribution in [2.45, 2.75) is 38.6 Å². The molecule has 1 aliphatic heterocycles. The zero-order valence-corrected chi connectivity index (χ0v) is 16.1. The van der Waals surface area contributed by atoms with E-state index < -0.39 is 0 Å². The Labute approximate surface area is 154 Å². The van der Waals surface area contributed by atoms with Crippen LogP contribution < -0.4 is 4.90 Å². The first-order chi connectivity index (χ1) is 9.60. The summed E-state index contributed by atoms with van der Waals surface area (Å²) in [6.07, 6.45) is 2.55. The molecule has 0 aromatic heterocycles. The Bertz CT molecular complexity index is 441. The Kier molecular flexibility index (Phi) is 7.52. The first kappa shape index (κ1) is 18.8. The van der Waals surface area contributed by atoms with Crippen molar-refractivity contribution < 1.29 is 37.5 Å². The average molecular weight is 362 g/mol. The first-order valence-corrected chi connectivity index (χ1v) is 7.50. The molecule has 2 rings (SSSR count). The fourth-order valence-electron chi connectivity index (χ4n) is 2.97. The molecular formula is C17H25N2OY-. The molecule has 0 aliphatic carbocycles. The SMILES string of the molecule is [CH2-]CN1CCC(C)(N(C(=O)CC)c2ccccc2)CC1.[Y]. The van der Waals surface area contributed by atoms with Crippen LogP contribution in [0.3, 0.4) is 0 Å². The zero-order valence-electron chi connectivity index (χ0n) is 13.2. The van der Waals surface area contributed by atoms with Gasteiger partial charge < -0.3 is 16.7 Å². The summed E-state index contributed by atoms with van der Waals surface area (Å²) in [5.74, 6) is 0.210. The molecule has 1 aromatic carbocycles.